The van der Waals surface area contributed by atoms with E-state index in [-0.39, 0.29) is 18.6 Å². The molecule has 0 radical (unpaired) electrons. The Morgan fingerprint density at radius 3 is 3.10 bits per heavy atom. The number of carbonyl (C=O) groups is 1. The number of hydrogen-bond donors (Lipinski definition) is 3. The lowest BCUT2D eigenvalue weighted by molar-refractivity contribution is -0.114. The Kier molecular flexibility index (Phi) is 3.62. The average Bonchev–Trinajstić information content (AvgIpc) is 3.01. The van der Waals surface area contributed by atoms with Crippen LogP contribution in [-0.2, 0) is 17.6 Å². The highest BCUT2D eigenvalue weighted by molar-refractivity contribution is 5.93. The van der Waals surface area contributed by atoms with Crippen molar-refractivity contribution in [3.8, 4) is 0 Å². The number of aromatic nitrogens is 1. The van der Waals surface area contributed by atoms with Crippen molar-refractivity contribution in [1.29, 1.82) is 0 Å². The topological polar surface area (TPSA) is 87.4 Å². The second-order valence-electron chi connectivity index (χ2n) is 5.23. The molecule has 1 heterocycles. The maximum Gasteiger partial charge on any atom is 0.244 e. The summed E-state index contributed by atoms with van der Waals surface area (Å²) in [5.74, 6) is 0.862. The number of nitrogens with one attached hydrogen (secondary N) is 2. The van der Waals surface area contributed by atoms with Crippen LogP contribution in [-0.4, -0.2) is 28.8 Å². The van der Waals surface area contributed by atoms with Crippen molar-refractivity contribution in [2.45, 2.75) is 25.9 Å². The molecule has 3 rings (SSSR count). The third-order valence-corrected chi connectivity index (χ3v) is 3.50. The number of rotatable bonds is 4. The number of benzene rings is 1. The van der Waals surface area contributed by atoms with Crippen LogP contribution in [0.3, 0.4) is 0 Å². The van der Waals surface area contributed by atoms with Crippen LogP contribution in [0.25, 0.3) is 0 Å². The van der Waals surface area contributed by atoms with E-state index in [0.29, 0.717) is 24.4 Å². The molecule has 1 aromatic heterocycles. The highest BCUT2D eigenvalue weighted by atomic mass is 16.5. The number of fused-ring (bicyclic) bond motifs is 1. The van der Waals surface area contributed by atoms with Gasteiger partial charge in [-0.25, -0.2) is 0 Å². The van der Waals surface area contributed by atoms with Gasteiger partial charge in [-0.3, -0.25) is 4.79 Å². The Hall–Kier alpha value is -2.34. The minimum Gasteiger partial charge on any atom is -0.392 e. The molecule has 0 saturated carbocycles. The molecular weight excluding hydrogens is 270 g/mol. The third kappa shape index (κ3) is 3.05. The second-order valence-corrected chi connectivity index (χ2v) is 5.23. The molecule has 0 aliphatic heterocycles. The van der Waals surface area contributed by atoms with Gasteiger partial charge in [-0.15, -0.1) is 0 Å². The molecule has 21 heavy (non-hydrogen) atoms. The van der Waals surface area contributed by atoms with Crippen LogP contribution in [0.15, 0.2) is 28.8 Å². The van der Waals surface area contributed by atoms with Gasteiger partial charge >= 0.3 is 0 Å². The first-order chi connectivity index (χ1) is 10.1. The summed E-state index contributed by atoms with van der Waals surface area (Å²) in [5.41, 5.74) is 3.13. The molecule has 2 aromatic rings. The largest absolute Gasteiger partial charge is 0.392 e. The van der Waals surface area contributed by atoms with Crippen molar-refractivity contribution < 1.29 is 14.4 Å². The summed E-state index contributed by atoms with van der Waals surface area (Å²) in [4.78, 5) is 11.9. The van der Waals surface area contributed by atoms with E-state index in [1.807, 2.05) is 18.2 Å². The van der Waals surface area contributed by atoms with Crippen LogP contribution < -0.4 is 10.6 Å². The average molecular weight is 287 g/mol. The Morgan fingerprint density at radius 2 is 2.33 bits per heavy atom. The molecule has 1 amide bonds. The summed E-state index contributed by atoms with van der Waals surface area (Å²) < 4.78 is 4.89. The first-order valence-corrected chi connectivity index (χ1v) is 6.87. The molecule has 0 saturated heterocycles. The third-order valence-electron chi connectivity index (χ3n) is 3.50. The summed E-state index contributed by atoms with van der Waals surface area (Å²) >= 11 is 0. The maximum absolute atomic E-state index is 11.9. The SMILES string of the molecule is Cc1cc(NC(=O)CNc2cccc3c2C[C@H](O)C3)no1. The number of hydrogen-bond acceptors (Lipinski definition) is 5. The lowest BCUT2D eigenvalue weighted by Crippen LogP contribution is -2.22. The lowest BCUT2D eigenvalue weighted by atomic mass is 10.1. The number of carbonyl (C=O) groups excluding carboxylic acids is 1. The fraction of sp³-hybridized carbons (Fsp3) is 0.333. The number of anilines is 2. The van der Waals surface area contributed by atoms with Gasteiger partial charge in [0.2, 0.25) is 5.91 Å². The number of amides is 1. The number of nitrogens with zero attached hydrogens (tertiary/aromatic N) is 1. The van der Waals surface area contributed by atoms with E-state index < -0.39 is 0 Å². The lowest BCUT2D eigenvalue weighted by Gasteiger charge is -2.10. The van der Waals surface area contributed by atoms with Gasteiger partial charge in [-0.05, 0) is 30.5 Å². The van der Waals surface area contributed by atoms with Crippen molar-refractivity contribution in [2.75, 3.05) is 17.2 Å². The summed E-state index contributed by atoms with van der Waals surface area (Å²) in [7, 11) is 0. The molecule has 110 valence electrons. The molecule has 1 aliphatic carbocycles. The van der Waals surface area contributed by atoms with Crippen molar-refractivity contribution in [1.82, 2.24) is 5.16 Å². The minimum atomic E-state index is -0.324. The Balaban J connectivity index is 1.61. The van der Waals surface area contributed by atoms with Crippen LogP contribution >= 0.6 is 0 Å². The number of aryl methyl sites for hydroxylation is 1. The summed E-state index contributed by atoms with van der Waals surface area (Å²) in [6.07, 6.45) is 0.979. The Labute approximate surface area is 122 Å². The summed E-state index contributed by atoms with van der Waals surface area (Å²) in [5, 5.41) is 19.2. The van der Waals surface area contributed by atoms with Gasteiger partial charge < -0.3 is 20.3 Å². The van der Waals surface area contributed by atoms with E-state index in [1.54, 1.807) is 13.0 Å². The zero-order valence-corrected chi connectivity index (χ0v) is 11.7. The van der Waals surface area contributed by atoms with E-state index in [0.717, 1.165) is 16.8 Å². The van der Waals surface area contributed by atoms with E-state index in [2.05, 4.69) is 15.8 Å². The molecule has 0 spiro atoms. The second kappa shape index (κ2) is 5.57. The minimum absolute atomic E-state index is 0.137. The van der Waals surface area contributed by atoms with E-state index in [4.69, 9.17) is 4.52 Å². The molecule has 1 aliphatic rings. The standard InChI is InChI=1S/C15H17N3O3/c1-9-5-14(18-21-9)17-15(20)8-16-13-4-2-3-10-6-11(19)7-12(10)13/h2-5,11,16,19H,6-8H2,1H3,(H,17,18,20)/t11-/m1/s1. The van der Waals surface area contributed by atoms with Crippen LogP contribution in [0.4, 0.5) is 11.5 Å². The molecule has 1 atom stereocenters. The molecule has 0 bridgehead atoms. The normalized spacial score (nSPS) is 16.6. The number of aliphatic hydroxyl groups is 1. The van der Waals surface area contributed by atoms with E-state index >= 15 is 0 Å². The maximum atomic E-state index is 11.9. The monoisotopic (exact) mass is 287 g/mol. The highest BCUT2D eigenvalue weighted by Gasteiger charge is 2.21. The van der Waals surface area contributed by atoms with Gasteiger partial charge in [0.05, 0.1) is 12.6 Å². The van der Waals surface area contributed by atoms with Crippen LogP contribution in [0, 0.1) is 6.92 Å². The quantitative estimate of drug-likeness (QED) is 0.793. The van der Waals surface area contributed by atoms with E-state index in [1.165, 1.54) is 0 Å². The predicted molar refractivity (Wildman–Crippen MR) is 78.2 cm³/mol. The molecule has 0 unspecified atom stereocenters. The van der Waals surface area contributed by atoms with Crippen LogP contribution in [0.1, 0.15) is 16.9 Å². The van der Waals surface area contributed by atoms with Crippen molar-refractivity contribution in [2.24, 2.45) is 0 Å². The predicted octanol–water partition coefficient (Wildman–Crippen LogP) is 1.49. The first kappa shape index (κ1) is 13.6. The fourth-order valence-corrected chi connectivity index (χ4v) is 2.58. The molecule has 0 fully saturated rings. The zero-order chi connectivity index (χ0) is 14.8. The number of aliphatic hydroxyl groups excluding tert-OH is 1. The first-order valence-electron chi connectivity index (χ1n) is 6.87. The zero-order valence-electron chi connectivity index (χ0n) is 11.7. The summed E-state index contributed by atoms with van der Waals surface area (Å²) in [6.45, 7) is 1.90. The molecule has 6 nitrogen and oxygen atoms in total. The van der Waals surface area contributed by atoms with Gasteiger partial charge in [-0.1, -0.05) is 17.3 Å². The highest BCUT2D eigenvalue weighted by Crippen LogP contribution is 2.28. The molecule has 1 aromatic carbocycles. The van der Waals surface area contributed by atoms with Gasteiger partial charge in [0.15, 0.2) is 5.82 Å². The van der Waals surface area contributed by atoms with Gasteiger partial charge in [0.25, 0.3) is 0 Å². The molecule has 3 N–H and O–H groups in total. The molecular formula is C15H17N3O3. The van der Waals surface area contributed by atoms with E-state index in [9.17, 15) is 9.90 Å². The van der Waals surface area contributed by atoms with Gasteiger partial charge in [-0.2, -0.15) is 0 Å². The Bertz CT molecular complexity index is 666. The van der Waals surface area contributed by atoms with Crippen molar-refractivity contribution in [3.63, 3.8) is 0 Å². The Morgan fingerprint density at radius 1 is 1.48 bits per heavy atom. The van der Waals surface area contributed by atoms with Gasteiger partial charge in [0.1, 0.15) is 5.76 Å². The van der Waals surface area contributed by atoms with Crippen LogP contribution in [0.2, 0.25) is 0 Å². The fourth-order valence-electron chi connectivity index (χ4n) is 2.58. The van der Waals surface area contributed by atoms with Crippen molar-refractivity contribution >= 4 is 17.4 Å². The van der Waals surface area contributed by atoms with Crippen molar-refractivity contribution in [3.05, 3.63) is 41.2 Å². The molecule has 6 heteroatoms. The summed E-state index contributed by atoms with van der Waals surface area (Å²) in [6, 6.07) is 7.52. The smallest absolute Gasteiger partial charge is 0.244 e. The van der Waals surface area contributed by atoms with Crippen LogP contribution in [0.5, 0.6) is 0 Å². The van der Waals surface area contributed by atoms with Gasteiger partial charge in [0, 0.05) is 18.2 Å².